The van der Waals surface area contributed by atoms with Crippen molar-refractivity contribution in [2.45, 2.75) is 32.4 Å². The standard InChI is InChI=1S/C13H19Cl2NO3/c1-3-13(17-4-2)19-6-5-18-12-9-16-10(8-14)7-11(12)15/h7,9,13H,3-6,8H2,1-2H3. The number of aromatic nitrogens is 1. The third-order valence-corrected chi connectivity index (χ3v) is 2.91. The first-order valence-electron chi connectivity index (χ1n) is 6.27. The van der Waals surface area contributed by atoms with Crippen molar-refractivity contribution < 1.29 is 14.2 Å². The van der Waals surface area contributed by atoms with Gasteiger partial charge in [-0.15, -0.1) is 11.6 Å². The third kappa shape index (κ3) is 5.95. The molecule has 4 nitrogen and oxygen atoms in total. The van der Waals surface area contributed by atoms with E-state index in [4.69, 9.17) is 37.4 Å². The molecule has 1 heterocycles. The summed E-state index contributed by atoms with van der Waals surface area (Å²) in [4.78, 5) is 4.11. The zero-order chi connectivity index (χ0) is 14.1. The van der Waals surface area contributed by atoms with Crippen LogP contribution in [0.4, 0.5) is 0 Å². The number of halogens is 2. The van der Waals surface area contributed by atoms with Gasteiger partial charge >= 0.3 is 0 Å². The van der Waals surface area contributed by atoms with Gasteiger partial charge in [0.25, 0.3) is 0 Å². The molecule has 0 aliphatic carbocycles. The maximum Gasteiger partial charge on any atom is 0.157 e. The lowest BCUT2D eigenvalue weighted by Crippen LogP contribution is -2.19. The number of ether oxygens (including phenoxy) is 3. The van der Waals surface area contributed by atoms with Crippen molar-refractivity contribution >= 4 is 23.2 Å². The fourth-order valence-corrected chi connectivity index (χ4v) is 1.81. The van der Waals surface area contributed by atoms with Crippen LogP contribution >= 0.6 is 23.2 Å². The predicted molar refractivity (Wildman–Crippen MR) is 76.0 cm³/mol. The Labute approximate surface area is 124 Å². The summed E-state index contributed by atoms with van der Waals surface area (Å²) in [7, 11) is 0. The zero-order valence-electron chi connectivity index (χ0n) is 11.2. The number of rotatable bonds is 9. The minimum Gasteiger partial charge on any atom is -0.488 e. The Hall–Kier alpha value is -0.550. The summed E-state index contributed by atoms with van der Waals surface area (Å²) in [5.74, 6) is 0.860. The van der Waals surface area contributed by atoms with Crippen LogP contribution in [0.5, 0.6) is 5.75 Å². The van der Waals surface area contributed by atoms with Crippen LogP contribution in [-0.2, 0) is 15.4 Å². The van der Waals surface area contributed by atoms with E-state index >= 15 is 0 Å². The lowest BCUT2D eigenvalue weighted by molar-refractivity contribution is -0.144. The molecule has 19 heavy (non-hydrogen) atoms. The lowest BCUT2D eigenvalue weighted by atomic mass is 10.4. The van der Waals surface area contributed by atoms with E-state index in [-0.39, 0.29) is 6.29 Å². The molecule has 0 fully saturated rings. The van der Waals surface area contributed by atoms with Gasteiger partial charge in [-0.1, -0.05) is 18.5 Å². The van der Waals surface area contributed by atoms with Gasteiger partial charge in [-0.2, -0.15) is 0 Å². The van der Waals surface area contributed by atoms with Crippen LogP contribution in [0.25, 0.3) is 0 Å². The smallest absolute Gasteiger partial charge is 0.157 e. The van der Waals surface area contributed by atoms with Crippen LogP contribution in [-0.4, -0.2) is 31.1 Å². The first-order chi connectivity index (χ1) is 9.21. The third-order valence-electron chi connectivity index (χ3n) is 2.34. The number of pyridine rings is 1. The molecule has 0 bridgehead atoms. The predicted octanol–water partition coefficient (Wildman–Crippen LogP) is 3.64. The van der Waals surface area contributed by atoms with Crippen LogP contribution in [0.15, 0.2) is 12.3 Å². The summed E-state index contributed by atoms with van der Waals surface area (Å²) in [6.07, 6.45) is 2.20. The van der Waals surface area contributed by atoms with Gasteiger partial charge in [0, 0.05) is 6.61 Å². The van der Waals surface area contributed by atoms with Gasteiger partial charge in [0.05, 0.1) is 29.4 Å². The number of alkyl halides is 1. The van der Waals surface area contributed by atoms with E-state index in [2.05, 4.69) is 4.98 Å². The highest BCUT2D eigenvalue weighted by atomic mass is 35.5. The average molecular weight is 308 g/mol. The summed E-state index contributed by atoms with van der Waals surface area (Å²) in [5, 5.41) is 0.502. The van der Waals surface area contributed by atoms with E-state index in [0.29, 0.717) is 36.5 Å². The number of hydrogen-bond acceptors (Lipinski definition) is 4. The highest BCUT2D eigenvalue weighted by Crippen LogP contribution is 2.24. The topological polar surface area (TPSA) is 40.6 Å². The summed E-state index contributed by atoms with van der Waals surface area (Å²) in [6.45, 7) is 5.41. The van der Waals surface area contributed by atoms with Crippen molar-refractivity contribution in [1.29, 1.82) is 0 Å². The van der Waals surface area contributed by atoms with E-state index in [0.717, 1.165) is 12.1 Å². The normalized spacial score (nSPS) is 12.4. The molecule has 0 amide bonds. The zero-order valence-corrected chi connectivity index (χ0v) is 12.7. The van der Waals surface area contributed by atoms with Gasteiger partial charge in [0.1, 0.15) is 6.61 Å². The van der Waals surface area contributed by atoms with Gasteiger partial charge in [0.15, 0.2) is 12.0 Å². The second kappa shape index (κ2) is 9.37. The summed E-state index contributed by atoms with van der Waals surface area (Å²) < 4.78 is 16.4. The summed E-state index contributed by atoms with van der Waals surface area (Å²) in [6, 6.07) is 1.69. The molecular weight excluding hydrogens is 289 g/mol. The molecule has 6 heteroatoms. The molecule has 0 saturated carbocycles. The van der Waals surface area contributed by atoms with Gasteiger partial charge < -0.3 is 14.2 Å². The average Bonchev–Trinajstić information content (AvgIpc) is 2.43. The molecule has 0 saturated heterocycles. The molecule has 0 aliphatic rings. The largest absolute Gasteiger partial charge is 0.488 e. The Kier molecular flexibility index (Phi) is 8.14. The van der Waals surface area contributed by atoms with Crippen molar-refractivity contribution in [3.05, 3.63) is 23.0 Å². The molecular formula is C13H19Cl2NO3. The van der Waals surface area contributed by atoms with Crippen molar-refractivity contribution in [2.24, 2.45) is 0 Å². The van der Waals surface area contributed by atoms with Crippen molar-refractivity contribution in [1.82, 2.24) is 4.98 Å². The van der Waals surface area contributed by atoms with E-state index in [9.17, 15) is 0 Å². The van der Waals surface area contributed by atoms with Crippen LogP contribution in [0.3, 0.4) is 0 Å². The van der Waals surface area contributed by atoms with Crippen molar-refractivity contribution in [2.75, 3.05) is 19.8 Å². The highest BCUT2D eigenvalue weighted by molar-refractivity contribution is 6.32. The number of nitrogens with zero attached hydrogens (tertiary/aromatic N) is 1. The Balaban J connectivity index is 2.33. The summed E-state index contributed by atoms with van der Waals surface area (Å²) in [5.41, 5.74) is 0.720. The molecule has 0 N–H and O–H groups in total. The van der Waals surface area contributed by atoms with Crippen molar-refractivity contribution in [3.8, 4) is 5.75 Å². The van der Waals surface area contributed by atoms with Gasteiger partial charge in [-0.3, -0.25) is 4.98 Å². The second-order valence-corrected chi connectivity index (χ2v) is 4.43. The Bertz CT molecular complexity index is 377. The van der Waals surface area contributed by atoms with Crippen LogP contribution < -0.4 is 4.74 Å². The monoisotopic (exact) mass is 307 g/mol. The second-order valence-electron chi connectivity index (χ2n) is 3.75. The van der Waals surface area contributed by atoms with Gasteiger partial charge in [-0.05, 0) is 19.4 Å². The first-order valence-corrected chi connectivity index (χ1v) is 7.18. The van der Waals surface area contributed by atoms with Crippen LogP contribution in [0.1, 0.15) is 26.0 Å². The quantitative estimate of drug-likeness (QED) is 0.397. The number of hydrogen-bond donors (Lipinski definition) is 0. The molecule has 0 aliphatic heterocycles. The Morgan fingerprint density at radius 3 is 2.63 bits per heavy atom. The molecule has 1 aromatic heterocycles. The van der Waals surface area contributed by atoms with Crippen molar-refractivity contribution in [3.63, 3.8) is 0 Å². The molecule has 0 radical (unpaired) electrons. The van der Waals surface area contributed by atoms with E-state index < -0.39 is 0 Å². The lowest BCUT2D eigenvalue weighted by Gasteiger charge is -2.16. The highest BCUT2D eigenvalue weighted by Gasteiger charge is 2.07. The van der Waals surface area contributed by atoms with Gasteiger partial charge in [0.2, 0.25) is 0 Å². The van der Waals surface area contributed by atoms with E-state index in [1.807, 2.05) is 13.8 Å². The van der Waals surface area contributed by atoms with Crippen LogP contribution in [0, 0.1) is 0 Å². The fourth-order valence-electron chi connectivity index (χ4n) is 1.44. The van der Waals surface area contributed by atoms with Gasteiger partial charge in [-0.25, -0.2) is 0 Å². The summed E-state index contributed by atoms with van der Waals surface area (Å²) >= 11 is 11.7. The van der Waals surface area contributed by atoms with E-state index in [1.165, 1.54) is 0 Å². The molecule has 1 unspecified atom stereocenters. The minimum absolute atomic E-state index is 0.180. The molecule has 108 valence electrons. The molecule has 0 spiro atoms. The Morgan fingerprint density at radius 1 is 1.26 bits per heavy atom. The SMILES string of the molecule is CCOC(CC)OCCOc1cnc(CCl)cc1Cl. The maximum absolute atomic E-state index is 6.04. The minimum atomic E-state index is -0.180. The molecule has 1 atom stereocenters. The molecule has 0 aromatic carbocycles. The molecule has 1 aromatic rings. The molecule has 1 rings (SSSR count). The van der Waals surface area contributed by atoms with E-state index in [1.54, 1.807) is 12.3 Å². The fraction of sp³-hybridized carbons (Fsp3) is 0.615. The van der Waals surface area contributed by atoms with Crippen LogP contribution in [0.2, 0.25) is 5.02 Å². The maximum atomic E-state index is 6.04. The first kappa shape index (κ1) is 16.5. The Morgan fingerprint density at radius 2 is 2.05 bits per heavy atom.